The number of piperidine rings is 1. The van der Waals surface area contributed by atoms with Gasteiger partial charge in [0.05, 0.1) is 18.7 Å². The molecule has 4 unspecified atom stereocenters. The Morgan fingerprint density at radius 1 is 1.60 bits per heavy atom. The molecule has 106 valence electrons. The maximum atomic E-state index is 11.3. The van der Waals surface area contributed by atoms with E-state index in [0.29, 0.717) is 24.0 Å². The van der Waals surface area contributed by atoms with Gasteiger partial charge in [-0.25, -0.2) is 0 Å². The summed E-state index contributed by atoms with van der Waals surface area (Å²) in [6.45, 7) is 1.42. The van der Waals surface area contributed by atoms with Crippen molar-refractivity contribution in [3.05, 3.63) is 23.8 Å². The summed E-state index contributed by atoms with van der Waals surface area (Å²) < 4.78 is 10.8. The fourth-order valence-electron chi connectivity index (χ4n) is 3.50. The highest BCUT2D eigenvalue weighted by Gasteiger charge is 2.70. The van der Waals surface area contributed by atoms with Crippen LogP contribution in [0.4, 0.5) is 0 Å². The zero-order chi connectivity index (χ0) is 13.9. The summed E-state index contributed by atoms with van der Waals surface area (Å²) in [5, 5.41) is 8.05. The van der Waals surface area contributed by atoms with Gasteiger partial charge in [-0.05, 0) is 18.6 Å². The van der Waals surface area contributed by atoms with Crippen molar-refractivity contribution in [2.75, 3.05) is 13.7 Å². The quantitative estimate of drug-likeness (QED) is 0.465. The molecule has 2 heterocycles. The van der Waals surface area contributed by atoms with Gasteiger partial charge in [-0.15, -0.1) is 0 Å². The lowest BCUT2D eigenvalue weighted by Crippen LogP contribution is -2.39. The first kappa shape index (κ1) is 12.2. The second-order valence-corrected chi connectivity index (χ2v) is 6.08. The van der Waals surface area contributed by atoms with E-state index < -0.39 is 0 Å². The Bertz CT molecular complexity index is 575. The number of hydrogen-bond acceptors (Lipinski definition) is 4. The summed E-state index contributed by atoms with van der Waals surface area (Å²) in [7, 11) is 1.60. The molecule has 4 rings (SSSR count). The lowest BCUT2D eigenvalue weighted by molar-refractivity contribution is -0.114. The number of ether oxygens (including phenoxy) is 2. The summed E-state index contributed by atoms with van der Waals surface area (Å²) in [5.41, 5.74) is 0.770. The molecule has 1 saturated carbocycles. The number of aldehydes is 1. The molecule has 2 saturated heterocycles. The molecule has 1 aromatic rings. The number of rotatable bonds is 4. The van der Waals surface area contributed by atoms with E-state index >= 15 is 0 Å². The highest BCUT2D eigenvalue weighted by atomic mass is 16.6. The monoisotopic (exact) mass is 276 g/mol. The third kappa shape index (κ3) is 1.66. The molecule has 2 N–H and O–H groups in total. The van der Waals surface area contributed by atoms with E-state index in [4.69, 9.17) is 14.6 Å². The van der Waals surface area contributed by atoms with Crippen LogP contribution in [0.15, 0.2) is 18.2 Å². The standard InChI is InChI=1S/C15H17NO4/c1-19-10-3-2-9(12(18)4-10)6-16-7-15(8-17)5-11(15)13-14(16)20-13/h2-4,8,11,13-14,18H,5-7H2,1H3/p+1. The van der Waals surface area contributed by atoms with Crippen LogP contribution >= 0.6 is 0 Å². The van der Waals surface area contributed by atoms with Crippen LogP contribution < -0.4 is 4.74 Å². The molecule has 0 radical (unpaired) electrons. The van der Waals surface area contributed by atoms with Crippen molar-refractivity contribution in [3.8, 4) is 11.5 Å². The number of nitrogens with zero attached hydrogens (tertiary/aromatic N) is 1. The predicted octanol–water partition coefficient (Wildman–Crippen LogP) is 0.879. The molecular weight excluding hydrogens is 258 g/mol. The van der Waals surface area contributed by atoms with Gasteiger partial charge in [0, 0.05) is 24.4 Å². The minimum absolute atomic E-state index is 0.150. The van der Waals surface area contributed by atoms with Crippen molar-refractivity contribution >= 4 is 6.29 Å². The number of carbonyl (C=O) groups excluding carboxylic acids is 1. The zero-order valence-electron chi connectivity index (χ0n) is 11.3. The smallest absolute Gasteiger partial charge is 0.262 e. The maximum Gasteiger partial charge on any atom is 0.262 e. The SMILES string of the molecule is COc1ccc(CN2CC3(C=O)CC3C3OC32)c([OH2+])c1. The molecule has 5 heteroatoms. The molecule has 3 fully saturated rings. The van der Waals surface area contributed by atoms with Crippen LogP contribution in [0.5, 0.6) is 11.5 Å². The Hall–Kier alpha value is -1.59. The Morgan fingerprint density at radius 3 is 3.15 bits per heavy atom. The molecular formula is C15H18NO4+. The van der Waals surface area contributed by atoms with Gasteiger partial charge in [0.25, 0.3) is 5.75 Å². The molecule has 3 aliphatic rings. The summed E-state index contributed by atoms with van der Waals surface area (Å²) in [4.78, 5) is 13.5. The topological polar surface area (TPSA) is 65.0 Å². The van der Waals surface area contributed by atoms with Crippen molar-refractivity contribution in [3.63, 3.8) is 0 Å². The highest BCUT2D eigenvalue weighted by Crippen LogP contribution is 2.63. The van der Waals surface area contributed by atoms with E-state index in [1.54, 1.807) is 13.2 Å². The second-order valence-electron chi connectivity index (χ2n) is 6.08. The lowest BCUT2D eigenvalue weighted by Gasteiger charge is -2.26. The van der Waals surface area contributed by atoms with Crippen LogP contribution in [0.25, 0.3) is 0 Å². The number of likely N-dealkylation sites (tertiary alicyclic amines) is 1. The third-order valence-electron chi connectivity index (χ3n) is 4.86. The molecule has 1 aromatic carbocycles. The van der Waals surface area contributed by atoms with Gasteiger partial charge in [-0.3, -0.25) is 4.90 Å². The van der Waals surface area contributed by atoms with Crippen molar-refractivity contribution in [2.24, 2.45) is 11.3 Å². The van der Waals surface area contributed by atoms with Crippen molar-refractivity contribution in [1.82, 2.24) is 4.90 Å². The number of fused-ring (bicyclic) bond motifs is 3. The molecule has 0 amide bonds. The molecule has 0 aromatic heterocycles. The minimum Gasteiger partial charge on any atom is -0.593 e. The van der Waals surface area contributed by atoms with E-state index in [1.165, 1.54) is 0 Å². The number of methoxy groups -OCH3 is 1. The molecule has 0 bridgehead atoms. The summed E-state index contributed by atoms with van der Waals surface area (Å²) in [6, 6.07) is 5.52. The highest BCUT2D eigenvalue weighted by molar-refractivity contribution is 5.66. The van der Waals surface area contributed by atoms with Gasteiger partial charge in [0.15, 0.2) is 0 Å². The van der Waals surface area contributed by atoms with E-state index in [-0.39, 0.29) is 17.7 Å². The summed E-state index contributed by atoms with van der Waals surface area (Å²) >= 11 is 0. The number of epoxide rings is 1. The van der Waals surface area contributed by atoms with Crippen LogP contribution in [0.2, 0.25) is 0 Å². The average molecular weight is 276 g/mol. The van der Waals surface area contributed by atoms with Gasteiger partial charge in [0.1, 0.15) is 24.4 Å². The summed E-state index contributed by atoms with van der Waals surface area (Å²) in [5.74, 6) is 1.61. The minimum atomic E-state index is -0.174. The second kappa shape index (κ2) is 3.96. The molecule has 4 atom stereocenters. The summed E-state index contributed by atoms with van der Waals surface area (Å²) in [6.07, 6.45) is 2.46. The van der Waals surface area contributed by atoms with E-state index in [0.717, 1.165) is 24.8 Å². The van der Waals surface area contributed by atoms with Gasteiger partial charge in [0.2, 0.25) is 0 Å². The van der Waals surface area contributed by atoms with Crippen LogP contribution in [0.3, 0.4) is 0 Å². The lowest BCUT2D eigenvalue weighted by atomic mass is 9.98. The van der Waals surface area contributed by atoms with Gasteiger partial charge >= 0.3 is 0 Å². The van der Waals surface area contributed by atoms with Gasteiger partial charge < -0.3 is 19.4 Å². The number of hydrogen-bond donors (Lipinski definition) is 0. The molecule has 0 spiro atoms. The molecule has 20 heavy (non-hydrogen) atoms. The van der Waals surface area contributed by atoms with Crippen LogP contribution in [0, 0.1) is 11.3 Å². The average Bonchev–Trinajstić information content (AvgIpc) is 3.33. The third-order valence-corrected chi connectivity index (χ3v) is 4.86. The molecule has 2 aliphatic heterocycles. The first-order valence-corrected chi connectivity index (χ1v) is 6.91. The first-order valence-electron chi connectivity index (χ1n) is 6.91. The normalized spacial score (nSPS) is 37.8. The largest absolute Gasteiger partial charge is 0.593 e. The Labute approximate surface area is 117 Å². The van der Waals surface area contributed by atoms with Gasteiger partial charge in [-0.2, -0.15) is 0 Å². The van der Waals surface area contributed by atoms with Crippen LogP contribution in [-0.4, -0.2) is 42.3 Å². The van der Waals surface area contributed by atoms with Crippen LogP contribution in [-0.2, 0) is 16.1 Å². The Kier molecular flexibility index (Phi) is 2.41. The van der Waals surface area contributed by atoms with E-state index in [9.17, 15) is 4.79 Å². The first-order chi connectivity index (χ1) is 9.66. The van der Waals surface area contributed by atoms with Gasteiger partial charge in [-0.1, -0.05) is 0 Å². The zero-order valence-corrected chi connectivity index (χ0v) is 11.3. The number of carbonyl (C=O) groups is 1. The maximum absolute atomic E-state index is 11.3. The Morgan fingerprint density at radius 2 is 2.45 bits per heavy atom. The molecule has 1 aliphatic carbocycles. The van der Waals surface area contributed by atoms with Crippen molar-refractivity contribution in [1.29, 1.82) is 0 Å². The molecule has 5 nitrogen and oxygen atoms in total. The van der Waals surface area contributed by atoms with Crippen LogP contribution in [0.1, 0.15) is 12.0 Å². The van der Waals surface area contributed by atoms with E-state index in [1.807, 2.05) is 12.1 Å². The predicted molar refractivity (Wildman–Crippen MR) is 71.7 cm³/mol. The fourth-order valence-corrected chi connectivity index (χ4v) is 3.50. The number of benzene rings is 1. The van der Waals surface area contributed by atoms with E-state index in [2.05, 4.69) is 4.90 Å². The fraction of sp³-hybridized carbons (Fsp3) is 0.533. The van der Waals surface area contributed by atoms with Crippen molar-refractivity contribution in [2.45, 2.75) is 25.3 Å². The Balaban J connectivity index is 1.53. The van der Waals surface area contributed by atoms with Crippen molar-refractivity contribution < 1.29 is 19.4 Å².